The molecule has 2 aliphatic rings. The van der Waals surface area contributed by atoms with Crippen LogP contribution in [0.25, 0.3) is 0 Å². The van der Waals surface area contributed by atoms with Gasteiger partial charge in [0.2, 0.25) is 23.5 Å². The van der Waals surface area contributed by atoms with Gasteiger partial charge in [-0.2, -0.15) is 0 Å². The van der Waals surface area contributed by atoms with Crippen molar-refractivity contribution in [3.8, 4) is 0 Å². The lowest BCUT2D eigenvalue weighted by Gasteiger charge is -2.36. The van der Waals surface area contributed by atoms with Crippen molar-refractivity contribution in [2.45, 2.75) is 84.0 Å². The molecule has 41 heavy (non-hydrogen) atoms. The van der Waals surface area contributed by atoms with Gasteiger partial charge in [-0.25, -0.2) is 4.79 Å². The van der Waals surface area contributed by atoms with Crippen LogP contribution in [0.4, 0.5) is 4.79 Å². The van der Waals surface area contributed by atoms with Crippen molar-refractivity contribution in [3.05, 3.63) is 35.9 Å². The lowest BCUT2D eigenvalue weighted by atomic mass is 9.80. The zero-order chi connectivity index (χ0) is 30.2. The lowest BCUT2D eigenvalue weighted by Crippen LogP contribution is -2.60. The van der Waals surface area contributed by atoms with Crippen molar-refractivity contribution in [2.24, 2.45) is 17.1 Å². The molecule has 1 saturated heterocycles. The number of rotatable bonds is 12. The molecule has 2 fully saturated rings. The topological polar surface area (TPSA) is 180 Å². The minimum Gasteiger partial charge on any atom is -0.363 e. The van der Waals surface area contributed by atoms with Crippen LogP contribution < -0.4 is 27.0 Å². The molecule has 12 nitrogen and oxygen atoms in total. The molecule has 1 saturated carbocycles. The van der Waals surface area contributed by atoms with E-state index in [9.17, 15) is 28.8 Å². The number of carbonyl (C=O) groups is 6. The van der Waals surface area contributed by atoms with E-state index in [1.54, 1.807) is 20.8 Å². The van der Waals surface area contributed by atoms with Gasteiger partial charge in [0.15, 0.2) is 0 Å². The maximum Gasteiger partial charge on any atom is 0.315 e. The number of urea groups is 1. The Balaban J connectivity index is 1.59. The molecule has 6 N–H and O–H groups in total. The van der Waals surface area contributed by atoms with E-state index in [1.165, 1.54) is 4.90 Å². The first-order valence-corrected chi connectivity index (χ1v) is 14.2. The number of carbonyl (C=O) groups excluding carboxylic acids is 6. The normalized spacial score (nSPS) is 18.4. The predicted octanol–water partition coefficient (Wildman–Crippen LogP) is 0.737. The number of primary amides is 1. The van der Waals surface area contributed by atoms with Crippen molar-refractivity contribution >= 4 is 35.4 Å². The number of hydrogen-bond donors (Lipinski definition) is 5. The van der Waals surface area contributed by atoms with Gasteiger partial charge in [0.25, 0.3) is 5.91 Å². The highest BCUT2D eigenvalue weighted by Crippen LogP contribution is 2.31. The van der Waals surface area contributed by atoms with Gasteiger partial charge in [0.1, 0.15) is 12.1 Å². The molecule has 0 spiro atoms. The molecule has 3 rings (SSSR count). The van der Waals surface area contributed by atoms with Gasteiger partial charge in [-0.05, 0) is 36.2 Å². The molecule has 1 aliphatic carbocycles. The molecule has 6 amide bonds. The van der Waals surface area contributed by atoms with E-state index in [1.807, 2.05) is 30.3 Å². The summed E-state index contributed by atoms with van der Waals surface area (Å²) in [6, 6.07) is 5.76. The molecule has 3 atom stereocenters. The average molecular weight is 571 g/mol. The van der Waals surface area contributed by atoms with Crippen LogP contribution >= 0.6 is 0 Å². The minimum absolute atomic E-state index is 0.235. The summed E-state index contributed by atoms with van der Waals surface area (Å²) in [6.45, 7) is 5.69. The van der Waals surface area contributed by atoms with Gasteiger partial charge >= 0.3 is 6.03 Å². The van der Waals surface area contributed by atoms with Crippen molar-refractivity contribution in [1.82, 2.24) is 26.2 Å². The van der Waals surface area contributed by atoms with Crippen LogP contribution in [0.5, 0.6) is 0 Å². The number of hydrogen-bond acceptors (Lipinski definition) is 6. The average Bonchev–Trinajstić information content (AvgIpc) is 3.40. The smallest absolute Gasteiger partial charge is 0.315 e. The van der Waals surface area contributed by atoms with Gasteiger partial charge in [0, 0.05) is 13.1 Å². The van der Waals surface area contributed by atoms with Crippen molar-refractivity contribution < 1.29 is 28.8 Å². The molecule has 224 valence electrons. The van der Waals surface area contributed by atoms with Crippen LogP contribution in [0, 0.1) is 11.3 Å². The number of ketones is 1. The molecule has 1 aromatic carbocycles. The van der Waals surface area contributed by atoms with Gasteiger partial charge in [0.05, 0.1) is 12.6 Å². The summed E-state index contributed by atoms with van der Waals surface area (Å²) in [5.41, 5.74) is 5.42. The van der Waals surface area contributed by atoms with Crippen molar-refractivity contribution in [3.63, 3.8) is 0 Å². The van der Waals surface area contributed by atoms with Gasteiger partial charge in [-0.3, -0.25) is 24.0 Å². The summed E-state index contributed by atoms with van der Waals surface area (Å²) in [7, 11) is 0. The summed E-state index contributed by atoms with van der Waals surface area (Å²) < 4.78 is 0. The van der Waals surface area contributed by atoms with Crippen molar-refractivity contribution in [2.75, 3.05) is 13.1 Å². The molecule has 0 bridgehead atoms. The highest BCUT2D eigenvalue weighted by atomic mass is 16.2. The summed E-state index contributed by atoms with van der Waals surface area (Å²) in [5.74, 6) is -3.08. The zero-order valence-electron chi connectivity index (χ0n) is 24.0. The lowest BCUT2D eigenvalue weighted by molar-refractivity contribution is -0.143. The summed E-state index contributed by atoms with van der Waals surface area (Å²) in [4.78, 5) is 77.3. The van der Waals surface area contributed by atoms with Crippen LogP contribution in [-0.2, 0) is 30.5 Å². The fourth-order valence-electron chi connectivity index (χ4n) is 5.05. The van der Waals surface area contributed by atoms with Crippen LogP contribution in [0.1, 0.15) is 64.9 Å². The first kappa shape index (κ1) is 31.6. The number of Topliss-reactive ketones (excluding diaryl/α,β-unsaturated/α-hetero) is 1. The summed E-state index contributed by atoms with van der Waals surface area (Å²) in [6.07, 6.45) is 4.15. The maximum atomic E-state index is 13.7. The molecule has 12 heteroatoms. The van der Waals surface area contributed by atoms with Crippen LogP contribution in [-0.4, -0.2) is 71.6 Å². The molecular formula is C29H42N6O6. The third-order valence-corrected chi connectivity index (χ3v) is 7.64. The Bertz CT molecular complexity index is 1130. The van der Waals surface area contributed by atoms with Gasteiger partial charge < -0.3 is 31.9 Å². The number of nitrogens with two attached hydrogens (primary N) is 1. The fraction of sp³-hybridized carbons (Fsp3) is 0.586. The number of benzene rings is 1. The molecule has 0 aromatic heterocycles. The fourth-order valence-corrected chi connectivity index (χ4v) is 5.05. The number of nitrogens with one attached hydrogen (secondary N) is 4. The second kappa shape index (κ2) is 14.1. The molecule has 1 aromatic rings. The maximum absolute atomic E-state index is 13.7. The van der Waals surface area contributed by atoms with E-state index < -0.39 is 53.1 Å². The minimum atomic E-state index is -1.11. The number of amides is 6. The summed E-state index contributed by atoms with van der Waals surface area (Å²) >= 11 is 0. The third kappa shape index (κ3) is 9.02. The SMILES string of the molecule is CC(C)(C)C(NC(=O)NCC(=O)NCc1ccccc1)C(=O)N1CCCC1C(=O)NC(CC1CCC1)C(=O)C(N)=O. The first-order chi connectivity index (χ1) is 19.4. The molecule has 1 aliphatic heterocycles. The second-order valence-electron chi connectivity index (χ2n) is 11.9. The third-order valence-electron chi connectivity index (χ3n) is 7.64. The van der Waals surface area contributed by atoms with E-state index in [0.717, 1.165) is 24.8 Å². The zero-order valence-corrected chi connectivity index (χ0v) is 24.0. The largest absolute Gasteiger partial charge is 0.363 e. The number of nitrogens with zero attached hydrogens (tertiary/aromatic N) is 1. The molecule has 3 unspecified atom stereocenters. The second-order valence-corrected chi connectivity index (χ2v) is 11.9. The Kier molecular flexibility index (Phi) is 10.8. The highest BCUT2D eigenvalue weighted by molar-refractivity contribution is 6.37. The Morgan fingerprint density at radius 1 is 0.951 bits per heavy atom. The highest BCUT2D eigenvalue weighted by Gasteiger charge is 2.43. The number of likely N-dealkylation sites (tertiary alicyclic amines) is 1. The Hall–Kier alpha value is -3.96. The van der Waals surface area contributed by atoms with Crippen LogP contribution in [0.2, 0.25) is 0 Å². The molecule has 1 heterocycles. The van der Waals surface area contributed by atoms with Gasteiger partial charge in [-0.1, -0.05) is 70.4 Å². The van der Waals surface area contributed by atoms with Crippen LogP contribution in [0.15, 0.2) is 30.3 Å². The van der Waals surface area contributed by atoms with Gasteiger partial charge in [-0.15, -0.1) is 0 Å². The Labute approximate surface area is 240 Å². The Morgan fingerprint density at radius 2 is 1.63 bits per heavy atom. The summed E-state index contributed by atoms with van der Waals surface area (Å²) in [5, 5.41) is 10.5. The van der Waals surface area contributed by atoms with E-state index in [0.29, 0.717) is 32.4 Å². The van der Waals surface area contributed by atoms with Crippen LogP contribution in [0.3, 0.4) is 0 Å². The van der Waals surface area contributed by atoms with E-state index in [2.05, 4.69) is 21.3 Å². The van der Waals surface area contributed by atoms with E-state index in [4.69, 9.17) is 5.73 Å². The first-order valence-electron chi connectivity index (χ1n) is 14.2. The monoisotopic (exact) mass is 570 g/mol. The standard InChI is InChI=1S/C29H42N6O6/c1-29(2,3)24(34-28(41)32-17-22(36)31-16-19-9-5-4-6-10-19)27(40)35-14-8-13-21(35)26(39)33-20(23(37)25(30)38)15-18-11-7-12-18/h4-6,9-10,18,20-21,24H,7-8,11-17H2,1-3H3,(H2,30,38)(H,31,36)(H,33,39)(H2,32,34,41). The van der Waals surface area contributed by atoms with Crippen molar-refractivity contribution in [1.29, 1.82) is 0 Å². The predicted molar refractivity (Wildman–Crippen MR) is 151 cm³/mol. The van der Waals surface area contributed by atoms with E-state index in [-0.39, 0.29) is 18.4 Å². The quantitative estimate of drug-likeness (QED) is 0.231. The molecule has 0 radical (unpaired) electrons. The Morgan fingerprint density at radius 3 is 2.22 bits per heavy atom. The van der Waals surface area contributed by atoms with E-state index >= 15 is 0 Å². The molecular weight excluding hydrogens is 528 g/mol.